The van der Waals surface area contributed by atoms with Crippen molar-refractivity contribution >= 4 is 16.0 Å². The van der Waals surface area contributed by atoms with Gasteiger partial charge in [-0.3, -0.25) is 4.79 Å². The summed E-state index contributed by atoms with van der Waals surface area (Å²) in [6, 6.07) is 0.0210. The second-order valence-corrected chi connectivity index (χ2v) is 8.22. The molecule has 4 unspecified atom stereocenters. The number of carbonyl (C=O) groups excluding carboxylic acids is 1. The van der Waals surface area contributed by atoms with Crippen LogP contribution in [0.15, 0.2) is 0 Å². The summed E-state index contributed by atoms with van der Waals surface area (Å²) < 4.78 is 32.2. The van der Waals surface area contributed by atoms with E-state index < -0.39 is 21.2 Å². The number of methoxy groups -OCH3 is 1. The molecule has 1 aliphatic heterocycles. The summed E-state index contributed by atoms with van der Waals surface area (Å²) in [5.41, 5.74) is 0. The molecule has 1 heterocycles. The van der Waals surface area contributed by atoms with Crippen LogP contribution in [0.1, 0.15) is 46.0 Å². The van der Waals surface area contributed by atoms with Crippen LogP contribution in [0.25, 0.3) is 0 Å². The highest BCUT2D eigenvalue weighted by molar-refractivity contribution is 7.89. The van der Waals surface area contributed by atoms with Gasteiger partial charge in [0.1, 0.15) is 0 Å². The van der Waals surface area contributed by atoms with E-state index in [0.717, 1.165) is 19.3 Å². The zero-order chi connectivity index (χ0) is 14.9. The van der Waals surface area contributed by atoms with E-state index in [9.17, 15) is 13.2 Å². The van der Waals surface area contributed by atoms with Crippen LogP contribution in [-0.2, 0) is 19.6 Å². The number of carbonyl (C=O) groups is 1. The molecule has 0 aromatic carbocycles. The molecule has 20 heavy (non-hydrogen) atoms. The molecule has 2 aliphatic rings. The van der Waals surface area contributed by atoms with Crippen LogP contribution in [0.3, 0.4) is 0 Å². The zero-order valence-corrected chi connectivity index (χ0v) is 13.4. The quantitative estimate of drug-likeness (QED) is 0.746. The number of nitrogens with zero attached hydrogens (tertiary/aromatic N) is 1. The third-order valence-electron chi connectivity index (χ3n) is 4.98. The molecule has 1 saturated heterocycles. The lowest BCUT2D eigenvalue weighted by Gasteiger charge is -2.39. The van der Waals surface area contributed by atoms with Gasteiger partial charge in [-0.25, -0.2) is 8.42 Å². The van der Waals surface area contributed by atoms with Gasteiger partial charge in [0, 0.05) is 12.6 Å². The molecule has 1 aliphatic carbocycles. The Hall–Kier alpha value is -0.620. The fourth-order valence-electron chi connectivity index (χ4n) is 3.53. The topological polar surface area (TPSA) is 63.7 Å². The average Bonchev–Trinajstić information content (AvgIpc) is 2.90. The van der Waals surface area contributed by atoms with Crippen molar-refractivity contribution in [3.8, 4) is 0 Å². The zero-order valence-electron chi connectivity index (χ0n) is 12.5. The Labute approximate surface area is 121 Å². The molecule has 2 fully saturated rings. The van der Waals surface area contributed by atoms with E-state index >= 15 is 0 Å². The third-order valence-corrected chi connectivity index (χ3v) is 7.48. The van der Waals surface area contributed by atoms with E-state index in [0.29, 0.717) is 25.3 Å². The van der Waals surface area contributed by atoms with E-state index in [-0.39, 0.29) is 12.0 Å². The van der Waals surface area contributed by atoms with Crippen LogP contribution in [0.4, 0.5) is 0 Å². The van der Waals surface area contributed by atoms with Crippen LogP contribution in [-0.4, -0.2) is 43.6 Å². The molecule has 0 aromatic rings. The van der Waals surface area contributed by atoms with Crippen molar-refractivity contribution in [1.29, 1.82) is 0 Å². The highest BCUT2D eigenvalue weighted by Gasteiger charge is 2.46. The summed E-state index contributed by atoms with van der Waals surface area (Å²) in [4.78, 5) is 11.8. The van der Waals surface area contributed by atoms with Crippen LogP contribution in [0.5, 0.6) is 0 Å². The van der Waals surface area contributed by atoms with Crippen LogP contribution in [0, 0.1) is 11.8 Å². The largest absolute Gasteiger partial charge is 0.469 e. The molecule has 0 amide bonds. The standard InChI is InChI=1S/C14H25NO4S/c1-10-6-5-9-15(11(10)2)20(17,18)13-8-4-7-12(13)14(16)19-3/h10-13H,4-9H2,1-3H3. The summed E-state index contributed by atoms with van der Waals surface area (Å²) in [6.07, 6.45) is 3.94. The summed E-state index contributed by atoms with van der Waals surface area (Å²) in [5.74, 6) is -0.500. The second-order valence-electron chi connectivity index (χ2n) is 6.11. The Morgan fingerprint density at radius 1 is 1.15 bits per heavy atom. The van der Waals surface area contributed by atoms with Crippen molar-refractivity contribution in [3.63, 3.8) is 0 Å². The fourth-order valence-corrected chi connectivity index (χ4v) is 6.06. The van der Waals surface area contributed by atoms with Gasteiger partial charge >= 0.3 is 5.97 Å². The SMILES string of the molecule is COC(=O)C1CCCC1S(=O)(=O)N1CCCC(C)C1C. The summed E-state index contributed by atoms with van der Waals surface area (Å²) in [6.45, 7) is 4.65. The molecule has 2 rings (SSSR count). The minimum absolute atomic E-state index is 0.0210. The minimum Gasteiger partial charge on any atom is -0.469 e. The molecule has 0 radical (unpaired) electrons. The van der Waals surface area contributed by atoms with E-state index in [1.807, 2.05) is 6.92 Å². The molecule has 0 N–H and O–H groups in total. The first-order valence-corrected chi connectivity index (χ1v) is 8.98. The Morgan fingerprint density at radius 3 is 2.50 bits per heavy atom. The minimum atomic E-state index is -3.42. The Bertz CT molecular complexity index is 462. The van der Waals surface area contributed by atoms with Crippen molar-refractivity contribution in [2.24, 2.45) is 11.8 Å². The number of hydrogen-bond acceptors (Lipinski definition) is 4. The molecule has 6 heteroatoms. The highest BCUT2D eigenvalue weighted by Crippen LogP contribution is 2.36. The predicted molar refractivity (Wildman–Crippen MR) is 76.6 cm³/mol. The maximum Gasteiger partial charge on any atom is 0.310 e. The number of ether oxygens (including phenoxy) is 1. The number of esters is 1. The van der Waals surface area contributed by atoms with Crippen molar-refractivity contribution in [2.75, 3.05) is 13.7 Å². The summed E-state index contributed by atoms with van der Waals surface area (Å²) >= 11 is 0. The van der Waals surface area contributed by atoms with Gasteiger partial charge in [0.2, 0.25) is 10.0 Å². The molecule has 0 aromatic heterocycles. The van der Waals surface area contributed by atoms with Gasteiger partial charge in [-0.2, -0.15) is 4.31 Å². The van der Waals surface area contributed by atoms with E-state index in [1.54, 1.807) is 4.31 Å². The lowest BCUT2D eigenvalue weighted by molar-refractivity contribution is -0.145. The highest BCUT2D eigenvalue weighted by atomic mass is 32.2. The van der Waals surface area contributed by atoms with E-state index in [2.05, 4.69) is 6.92 Å². The molecular weight excluding hydrogens is 278 g/mol. The van der Waals surface area contributed by atoms with Crippen LogP contribution >= 0.6 is 0 Å². The smallest absolute Gasteiger partial charge is 0.310 e. The number of sulfonamides is 1. The molecular formula is C14H25NO4S. The molecule has 1 saturated carbocycles. The van der Waals surface area contributed by atoms with Crippen LogP contribution < -0.4 is 0 Å². The number of piperidine rings is 1. The Morgan fingerprint density at radius 2 is 1.85 bits per heavy atom. The monoisotopic (exact) mass is 303 g/mol. The predicted octanol–water partition coefficient (Wildman–Crippen LogP) is 1.78. The van der Waals surface area contributed by atoms with Gasteiger partial charge < -0.3 is 4.74 Å². The average molecular weight is 303 g/mol. The van der Waals surface area contributed by atoms with Crippen LogP contribution in [0.2, 0.25) is 0 Å². The molecule has 0 bridgehead atoms. The van der Waals surface area contributed by atoms with Crippen molar-refractivity contribution in [3.05, 3.63) is 0 Å². The third kappa shape index (κ3) is 2.72. The molecule has 4 atom stereocenters. The van der Waals surface area contributed by atoms with Gasteiger partial charge in [-0.05, 0) is 38.5 Å². The maximum atomic E-state index is 12.9. The lowest BCUT2D eigenvalue weighted by Crippen LogP contribution is -2.50. The Balaban J connectivity index is 2.23. The van der Waals surface area contributed by atoms with Gasteiger partial charge in [0.05, 0.1) is 18.3 Å². The summed E-state index contributed by atoms with van der Waals surface area (Å²) in [5, 5.41) is -0.595. The van der Waals surface area contributed by atoms with Gasteiger partial charge in [-0.1, -0.05) is 13.3 Å². The lowest BCUT2D eigenvalue weighted by atomic mass is 9.94. The molecule has 5 nitrogen and oxygen atoms in total. The van der Waals surface area contributed by atoms with Gasteiger partial charge in [0.15, 0.2) is 0 Å². The van der Waals surface area contributed by atoms with Crippen molar-refractivity contribution in [2.45, 2.75) is 57.2 Å². The van der Waals surface area contributed by atoms with Crippen molar-refractivity contribution < 1.29 is 17.9 Å². The number of rotatable bonds is 3. The van der Waals surface area contributed by atoms with Gasteiger partial charge in [0.25, 0.3) is 0 Å². The normalized spacial score (nSPS) is 36.0. The van der Waals surface area contributed by atoms with Gasteiger partial charge in [-0.15, -0.1) is 0 Å². The van der Waals surface area contributed by atoms with E-state index in [4.69, 9.17) is 4.74 Å². The first-order valence-electron chi connectivity index (χ1n) is 7.48. The maximum absolute atomic E-state index is 12.9. The molecule has 0 spiro atoms. The number of hydrogen-bond donors (Lipinski definition) is 0. The summed E-state index contributed by atoms with van der Waals surface area (Å²) in [7, 11) is -2.09. The van der Waals surface area contributed by atoms with E-state index in [1.165, 1.54) is 7.11 Å². The first kappa shape index (κ1) is 15.8. The van der Waals surface area contributed by atoms with Crippen molar-refractivity contribution in [1.82, 2.24) is 4.31 Å². The molecule has 116 valence electrons. The fraction of sp³-hybridized carbons (Fsp3) is 0.929. The Kier molecular flexibility index (Phi) is 4.74. The first-order chi connectivity index (χ1) is 9.39. The second kappa shape index (κ2) is 6.02.